The van der Waals surface area contributed by atoms with Gasteiger partial charge in [0.05, 0.1) is 24.3 Å². The molecule has 0 aliphatic rings. The molecule has 0 radical (unpaired) electrons. The predicted molar refractivity (Wildman–Crippen MR) is 88.5 cm³/mol. The van der Waals surface area contributed by atoms with Crippen LogP contribution in [0.5, 0.6) is 0 Å². The van der Waals surface area contributed by atoms with E-state index in [9.17, 15) is 14.7 Å². The molecule has 0 aliphatic carbocycles. The van der Waals surface area contributed by atoms with E-state index in [0.717, 1.165) is 5.39 Å². The summed E-state index contributed by atoms with van der Waals surface area (Å²) in [5.74, 6) is 4.94. The van der Waals surface area contributed by atoms with E-state index >= 15 is 0 Å². The number of nitrogens with zero attached hydrogens (tertiary/aromatic N) is 1. The maximum absolute atomic E-state index is 12.0. The van der Waals surface area contributed by atoms with Crippen molar-refractivity contribution in [1.82, 2.24) is 4.57 Å². The van der Waals surface area contributed by atoms with Gasteiger partial charge in [0.2, 0.25) is 0 Å². The Morgan fingerprint density at radius 3 is 2.62 bits per heavy atom. The van der Waals surface area contributed by atoms with Gasteiger partial charge in [-0.25, -0.2) is 9.59 Å². The van der Waals surface area contributed by atoms with Crippen molar-refractivity contribution in [3.63, 3.8) is 0 Å². The lowest BCUT2D eigenvalue weighted by molar-refractivity contribution is -0.152. The van der Waals surface area contributed by atoms with E-state index in [0.29, 0.717) is 11.1 Å². The standard InChI is InChI=1S/C18H19NO5/c1-3-23-17(21)16(20)11-7-8-13-12-19(18(22)24-4-2)15-10-6-5-9-14(13)15/h5-6,9-10,12,16,20H,3-4,11H2,1-2H3. The highest BCUT2D eigenvalue weighted by Crippen LogP contribution is 2.21. The molecule has 6 heteroatoms. The van der Waals surface area contributed by atoms with E-state index in [-0.39, 0.29) is 19.6 Å². The third kappa shape index (κ3) is 3.94. The number of hydrogen-bond donors (Lipinski definition) is 1. The van der Waals surface area contributed by atoms with Gasteiger partial charge in [0.25, 0.3) is 0 Å². The number of rotatable bonds is 4. The highest BCUT2D eigenvalue weighted by Gasteiger charge is 2.15. The molecule has 0 amide bonds. The van der Waals surface area contributed by atoms with Crippen LogP contribution >= 0.6 is 0 Å². The molecule has 24 heavy (non-hydrogen) atoms. The molecular formula is C18H19NO5. The first-order valence-corrected chi connectivity index (χ1v) is 7.69. The van der Waals surface area contributed by atoms with E-state index in [1.54, 1.807) is 26.1 Å². The maximum Gasteiger partial charge on any atom is 0.418 e. The summed E-state index contributed by atoms with van der Waals surface area (Å²) in [5, 5.41) is 10.4. The van der Waals surface area contributed by atoms with Gasteiger partial charge in [-0.1, -0.05) is 30.0 Å². The number of para-hydroxylation sites is 1. The molecule has 0 bridgehead atoms. The summed E-state index contributed by atoms with van der Waals surface area (Å²) in [6, 6.07) is 7.30. The molecule has 1 aromatic heterocycles. The minimum absolute atomic E-state index is 0.0439. The molecule has 1 heterocycles. The monoisotopic (exact) mass is 329 g/mol. The summed E-state index contributed by atoms with van der Waals surface area (Å²) in [6.07, 6.45) is -0.214. The van der Waals surface area contributed by atoms with Crippen LogP contribution in [0.3, 0.4) is 0 Å². The fourth-order valence-corrected chi connectivity index (χ4v) is 2.19. The van der Waals surface area contributed by atoms with Crippen LogP contribution < -0.4 is 0 Å². The highest BCUT2D eigenvalue weighted by molar-refractivity contribution is 5.93. The molecule has 2 rings (SSSR count). The van der Waals surface area contributed by atoms with E-state index in [2.05, 4.69) is 11.8 Å². The smallest absolute Gasteiger partial charge is 0.418 e. The Labute approximate surface area is 140 Å². The number of aliphatic hydroxyl groups is 1. The molecule has 2 aromatic rings. The van der Waals surface area contributed by atoms with E-state index < -0.39 is 18.2 Å². The second-order valence-electron chi connectivity index (χ2n) is 4.90. The van der Waals surface area contributed by atoms with Crippen molar-refractivity contribution in [2.45, 2.75) is 26.4 Å². The Morgan fingerprint density at radius 2 is 1.92 bits per heavy atom. The third-order valence-corrected chi connectivity index (χ3v) is 3.25. The largest absolute Gasteiger partial charge is 0.464 e. The third-order valence-electron chi connectivity index (χ3n) is 3.25. The van der Waals surface area contributed by atoms with Crippen LogP contribution in [-0.4, -0.2) is 41.1 Å². The summed E-state index contributed by atoms with van der Waals surface area (Å²) in [5.41, 5.74) is 1.31. The van der Waals surface area contributed by atoms with Crippen molar-refractivity contribution in [1.29, 1.82) is 0 Å². The van der Waals surface area contributed by atoms with E-state index in [1.165, 1.54) is 4.57 Å². The lowest BCUT2D eigenvalue weighted by Crippen LogP contribution is -2.22. The number of fused-ring (bicyclic) bond motifs is 1. The van der Waals surface area contributed by atoms with Gasteiger partial charge < -0.3 is 14.6 Å². The predicted octanol–water partition coefficient (Wildman–Crippen LogP) is 2.31. The van der Waals surface area contributed by atoms with Crippen LogP contribution in [0.2, 0.25) is 0 Å². The van der Waals surface area contributed by atoms with E-state index in [4.69, 9.17) is 9.47 Å². The topological polar surface area (TPSA) is 77.8 Å². The van der Waals surface area contributed by atoms with Crippen LogP contribution in [0.1, 0.15) is 25.8 Å². The summed E-state index contributed by atoms with van der Waals surface area (Å²) < 4.78 is 11.1. The molecule has 1 aromatic carbocycles. The molecule has 0 fully saturated rings. The van der Waals surface area contributed by atoms with Crippen molar-refractivity contribution in [3.05, 3.63) is 36.0 Å². The van der Waals surface area contributed by atoms with Gasteiger partial charge in [-0.15, -0.1) is 0 Å². The number of ether oxygens (including phenoxy) is 2. The van der Waals surface area contributed by atoms with Gasteiger partial charge in [-0.2, -0.15) is 0 Å². The first-order valence-electron chi connectivity index (χ1n) is 7.69. The average molecular weight is 329 g/mol. The molecule has 1 unspecified atom stereocenters. The second kappa shape index (κ2) is 8.18. The average Bonchev–Trinajstić information content (AvgIpc) is 2.94. The van der Waals surface area contributed by atoms with Crippen LogP contribution in [-0.2, 0) is 14.3 Å². The van der Waals surface area contributed by atoms with Crippen LogP contribution in [0.25, 0.3) is 10.9 Å². The fourth-order valence-electron chi connectivity index (χ4n) is 2.19. The normalized spacial score (nSPS) is 11.5. The molecule has 0 spiro atoms. The Kier molecular flexibility index (Phi) is 5.99. The van der Waals surface area contributed by atoms with Gasteiger partial charge in [-0.05, 0) is 19.9 Å². The maximum atomic E-state index is 12.0. The van der Waals surface area contributed by atoms with Crippen molar-refractivity contribution in [3.8, 4) is 11.8 Å². The number of aliphatic hydroxyl groups excluding tert-OH is 1. The number of aromatic nitrogens is 1. The summed E-state index contributed by atoms with van der Waals surface area (Å²) in [4.78, 5) is 23.4. The lowest BCUT2D eigenvalue weighted by atomic mass is 10.1. The Hall–Kier alpha value is -2.78. The molecule has 1 N–H and O–H groups in total. The molecule has 6 nitrogen and oxygen atoms in total. The van der Waals surface area contributed by atoms with Crippen molar-refractivity contribution in [2.24, 2.45) is 0 Å². The summed E-state index contributed by atoms with van der Waals surface area (Å²) in [6.45, 7) is 3.88. The minimum Gasteiger partial charge on any atom is -0.464 e. The molecule has 0 saturated heterocycles. The zero-order valence-electron chi connectivity index (χ0n) is 13.6. The van der Waals surface area contributed by atoms with Gasteiger partial charge in [0.15, 0.2) is 6.10 Å². The number of hydrogen-bond acceptors (Lipinski definition) is 5. The minimum atomic E-state index is -1.28. The number of carbonyl (C=O) groups excluding carboxylic acids is 2. The molecule has 1 atom stereocenters. The quantitative estimate of drug-likeness (QED) is 0.688. The molecule has 0 saturated carbocycles. The SMILES string of the molecule is CCOC(=O)C(O)CC#Cc1cn(C(=O)OCC)c2ccccc12. The van der Waals surface area contributed by atoms with Crippen LogP contribution in [0.15, 0.2) is 30.5 Å². The fraction of sp³-hybridized carbons (Fsp3) is 0.333. The van der Waals surface area contributed by atoms with Crippen molar-refractivity contribution in [2.75, 3.05) is 13.2 Å². The van der Waals surface area contributed by atoms with Gasteiger partial charge in [0, 0.05) is 18.0 Å². The van der Waals surface area contributed by atoms with Crippen molar-refractivity contribution >= 4 is 23.0 Å². The highest BCUT2D eigenvalue weighted by atomic mass is 16.6. The van der Waals surface area contributed by atoms with Gasteiger partial charge >= 0.3 is 12.1 Å². The molecular weight excluding hydrogens is 310 g/mol. The van der Waals surface area contributed by atoms with Gasteiger partial charge in [-0.3, -0.25) is 4.57 Å². The molecule has 126 valence electrons. The summed E-state index contributed by atoms with van der Waals surface area (Å²) in [7, 11) is 0. The van der Waals surface area contributed by atoms with Crippen LogP contribution in [0, 0.1) is 11.8 Å². The number of benzene rings is 1. The zero-order chi connectivity index (χ0) is 17.5. The van der Waals surface area contributed by atoms with Gasteiger partial charge in [0.1, 0.15) is 0 Å². The summed E-state index contributed by atoms with van der Waals surface area (Å²) >= 11 is 0. The van der Waals surface area contributed by atoms with E-state index in [1.807, 2.05) is 18.2 Å². The van der Waals surface area contributed by atoms with Crippen LogP contribution in [0.4, 0.5) is 4.79 Å². The lowest BCUT2D eigenvalue weighted by Gasteiger charge is -2.04. The molecule has 0 aliphatic heterocycles. The van der Waals surface area contributed by atoms with Crippen molar-refractivity contribution < 1.29 is 24.2 Å². The Morgan fingerprint density at radius 1 is 1.21 bits per heavy atom. The number of esters is 1. The second-order valence-corrected chi connectivity index (χ2v) is 4.90. The first-order chi connectivity index (χ1) is 11.6. The Balaban J connectivity index is 2.26. The number of carbonyl (C=O) groups is 2. The zero-order valence-corrected chi connectivity index (χ0v) is 13.6. The first kappa shape index (κ1) is 17.6. The Bertz CT molecular complexity index is 797.